The predicted octanol–water partition coefficient (Wildman–Crippen LogP) is 4.15. The number of hydrogen-bond acceptors (Lipinski definition) is 4. The summed E-state index contributed by atoms with van der Waals surface area (Å²) in [6, 6.07) is 8.65. The Morgan fingerprint density at radius 2 is 2.00 bits per heavy atom. The van der Waals surface area contributed by atoms with Crippen LogP contribution in [0.4, 0.5) is 0 Å². The van der Waals surface area contributed by atoms with Crippen molar-refractivity contribution in [2.24, 2.45) is 4.99 Å². The highest BCUT2D eigenvalue weighted by Crippen LogP contribution is 2.35. The first kappa shape index (κ1) is 24.6. The van der Waals surface area contributed by atoms with Gasteiger partial charge in [0.2, 0.25) is 0 Å². The molecule has 1 atom stereocenters. The van der Waals surface area contributed by atoms with Crippen molar-refractivity contribution in [2.75, 3.05) is 52.3 Å². The second kappa shape index (κ2) is 12.2. The molecule has 0 radical (unpaired) electrons. The smallest absolute Gasteiger partial charge is 0.193 e. The van der Waals surface area contributed by atoms with Crippen molar-refractivity contribution in [2.45, 2.75) is 43.8 Å². The highest BCUT2D eigenvalue weighted by atomic mass is 127. The van der Waals surface area contributed by atoms with E-state index >= 15 is 0 Å². The van der Waals surface area contributed by atoms with Gasteiger partial charge in [-0.1, -0.05) is 19.1 Å². The number of guanidine groups is 1. The van der Waals surface area contributed by atoms with Gasteiger partial charge in [-0.05, 0) is 43.9 Å². The first-order chi connectivity index (χ1) is 13.7. The van der Waals surface area contributed by atoms with Crippen molar-refractivity contribution in [3.8, 4) is 5.75 Å². The Morgan fingerprint density at radius 3 is 2.62 bits per heavy atom. The van der Waals surface area contributed by atoms with Crippen molar-refractivity contribution >= 4 is 41.7 Å². The van der Waals surface area contributed by atoms with Crippen LogP contribution in [0.25, 0.3) is 0 Å². The van der Waals surface area contributed by atoms with Gasteiger partial charge < -0.3 is 19.7 Å². The lowest BCUT2D eigenvalue weighted by Crippen LogP contribution is -2.52. The van der Waals surface area contributed by atoms with Gasteiger partial charge in [-0.15, -0.1) is 24.0 Å². The summed E-state index contributed by atoms with van der Waals surface area (Å²) in [5.74, 6) is 3.15. The van der Waals surface area contributed by atoms with Crippen LogP contribution in [0, 0.1) is 0 Å². The van der Waals surface area contributed by atoms with E-state index in [9.17, 15) is 0 Å². The minimum atomic E-state index is 0. The van der Waals surface area contributed by atoms with Crippen LogP contribution in [-0.4, -0.2) is 68.4 Å². The number of nitrogens with zero attached hydrogens (tertiary/aromatic N) is 2. The van der Waals surface area contributed by atoms with E-state index < -0.39 is 0 Å². The predicted molar refractivity (Wildman–Crippen MR) is 134 cm³/mol. The molecule has 3 rings (SSSR count). The Kier molecular flexibility index (Phi) is 10.4. The lowest BCUT2D eigenvalue weighted by molar-refractivity contribution is 0.0511. The van der Waals surface area contributed by atoms with Gasteiger partial charge in [0, 0.05) is 56.3 Å². The van der Waals surface area contributed by atoms with Crippen LogP contribution in [0.2, 0.25) is 0 Å². The summed E-state index contributed by atoms with van der Waals surface area (Å²) in [4.78, 5) is 7.03. The Morgan fingerprint density at radius 1 is 1.28 bits per heavy atom. The van der Waals surface area contributed by atoms with E-state index in [2.05, 4.69) is 58.2 Å². The van der Waals surface area contributed by atoms with Gasteiger partial charge in [0.05, 0.1) is 6.61 Å². The maximum atomic E-state index is 5.69. The quantitative estimate of drug-likeness (QED) is 0.338. The number of hydrogen-bond donors (Lipinski definition) is 1. The molecule has 2 fully saturated rings. The summed E-state index contributed by atoms with van der Waals surface area (Å²) in [5, 5.41) is 4.42. The molecule has 1 aromatic carbocycles. The van der Waals surface area contributed by atoms with Gasteiger partial charge in [0.25, 0.3) is 0 Å². The molecule has 0 amide bonds. The highest BCUT2D eigenvalue weighted by Gasteiger charge is 2.35. The fraction of sp³-hybridized carbons (Fsp3) is 0.682. The molecule has 0 saturated carbocycles. The topological polar surface area (TPSA) is 46.1 Å². The van der Waals surface area contributed by atoms with Crippen LogP contribution in [-0.2, 0) is 10.2 Å². The molecule has 164 valence electrons. The summed E-state index contributed by atoms with van der Waals surface area (Å²) in [6.07, 6.45) is 3.27. The van der Waals surface area contributed by atoms with Crippen LogP contribution >= 0.6 is 35.7 Å². The molecule has 2 heterocycles. The van der Waals surface area contributed by atoms with Crippen molar-refractivity contribution in [3.63, 3.8) is 0 Å². The van der Waals surface area contributed by atoms with Crippen LogP contribution in [0.1, 0.15) is 38.7 Å². The molecule has 2 aliphatic rings. The number of thioether (sulfide) groups is 1. The second-order valence-electron chi connectivity index (χ2n) is 7.60. The summed E-state index contributed by atoms with van der Waals surface area (Å²) in [5.41, 5.74) is 1.44. The van der Waals surface area contributed by atoms with E-state index in [1.54, 1.807) is 0 Å². The zero-order valence-electron chi connectivity index (χ0n) is 18.0. The third-order valence-corrected chi connectivity index (χ3v) is 7.29. The zero-order chi connectivity index (χ0) is 19.8. The number of rotatable bonds is 6. The fourth-order valence-electron chi connectivity index (χ4n) is 4.14. The molecule has 1 aromatic rings. The van der Waals surface area contributed by atoms with Crippen molar-refractivity contribution in [3.05, 3.63) is 29.8 Å². The lowest BCUT2D eigenvalue weighted by Gasteiger charge is -2.40. The summed E-state index contributed by atoms with van der Waals surface area (Å²) in [6.45, 7) is 9.66. The monoisotopic (exact) mass is 533 g/mol. The molecule has 7 heteroatoms. The molecule has 1 unspecified atom stereocenters. The molecule has 0 aliphatic carbocycles. The molecule has 0 aromatic heterocycles. The minimum Gasteiger partial charge on any atom is -0.494 e. The molecular formula is C22H36IN3O2S. The average Bonchev–Trinajstić information content (AvgIpc) is 2.76. The summed E-state index contributed by atoms with van der Waals surface area (Å²) in [7, 11) is 1.90. The lowest BCUT2D eigenvalue weighted by atomic mass is 9.74. The molecule has 0 bridgehead atoms. The first-order valence-corrected chi connectivity index (χ1v) is 11.6. The van der Waals surface area contributed by atoms with E-state index in [-0.39, 0.29) is 29.4 Å². The maximum absolute atomic E-state index is 5.69. The van der Waals surface area contributed by atoms with Crippen LogP contribution < -0.4 is 10.1 Å². The van der Waals surface area contributed by atoms with Gasteiger partial charge in [0.1, 0.15) is 5.75 Å². The van der Waals surface area contributed by atoms with Gasteiger partial charge in [-0.2, -0.15) is 11.8 Å². The number of halogens is 1. The Labute approximate surface area is 197 Å². The van der Waals surface area contributed by atoms with E-state index in [0.29, 0.717) is 11.9 Å². The van der Waals surface area contributed by atoms with Gasteiger partial charge in [-0.25, -0.2) is 0 Å². The third-order valence-electron chi connectivity index (χ3n) is 5.92. The van der Waals surface area contributed by atoms with E-state index in [1.807, 2.05) is 14.0 Å². The number of nitrogens with one attached hydrogen (secondary N) is 1. The molecule has 29 heavy (non-hydrogen) atoms. The summed E-state index contributed by atoms with van der Waals surface area (Å²) >= 11 is 2.09. The normalized spacial score (nSPS) is 22.0. The fourth-order valence-corrected chi connectivity index (χ4v) is 5.32. The number of ether oxygens (including phenoxy) is 2. The standard InChI is InChI=1S/C22H35N3O2S.HI/c1-4-20-16-25(12-15-28-20)21(23-3)24-17-22(10-13-26-14-11-22)18-6-8-19(9-7-18)27-5-2;/h6-9,20H,4-5,10-17H2,1-3H3,(H,23,24);1H. The van der Waals surface area contributed by atoms with E-state index in [0.717, 1.165) is 57.4 Å². The van der Waals surface area contributed by atoms with E-state index in [1.165, 1.54) is 17.7 Å². The highest BCUT2D eigenvalue weighted by molar-refractivity contribution is 14.0. The second-order valence-corrected chi connectivity index (χ2v) is 9.01. The van der Waals surface area contributed by atoms with Gasteiger partial charge in [-0.3, -0.25) is 4.99 Å². The van der Waals surface area contributed by atoms with Crippen molar-refractivity contribution in [1.29, 1.82) is 0 Å². The van der Waals surface area contributed by atoms with Crippen LogP contribution in [0.5, 0.6) is 5.75 Å². The number of benzene rings is 1. The Hall–Kier alpha value is -0.670. The maximum Gasteiger partial charge on any atom is 0.193 e. The molecule has 5 nitrogen and oxygen atoms in total. The molecule has 2 saturated heterocycles. The Balaban J connectivity index is 0.00000300. The average molecular weight is 534 g/mol. The van der Waals surface area contributed by atoms with Crippen LogP contribution in [0.3, 0.4) is 0 Å². The van der Waals surface area contributed by atoms with Crippen molar-refractivity contribution in [1.82, 2.24) is 10.2 Å². The molecule has 0 spiro atoms. The number of aliphatic imine (C=N–C) groups is 1. The van der Waals surface area contributed by atoms with Crippen LogP contribution in [0.15, 0.2) is 29.3 Å². The molecule has 1 N–H and O–H groups in total. The SMILES string of the molecule is CCOc1ccc(C2(CNC(=NC)N3CCSC(CC)C3)CCOCC2)cc1.I. The van der Waals surface area contributed by atoms with E-state index in [4.69, 9.17) is 9.47 Å². The van der Waals surface area contributed by atoms with Gasteiger partial charge >= 0.3 is 0 Å². The largest absolute Gasteiger partial charge is 0.494 e. The van der Waals surface area contributed by atoms with Gasteiger partial charge in [0.15, 0.2) is 5.96 Å². The molecular weight excluding hydrogens is 497 g/mol. The minimum absolute atomic E-state index is 0. The Bertz CT molecular complexity index is 635. The molecule has 2 aliphatic heterocycles. The third kappa shape index (κ3) is 6.40. The van der Waals surface area contributed by atoms with Crippen molar-refractivity contribution < 1.29 is 9.47 Å². The summed E-state index contributed by atoms with van der Waals surface area (Å²) < 4.78 is 11.3. The zero-order valence-corrected chi connectivity index (χ0v) is 21.1. The first-order valence-electron chi connectivity index (χ1n) is 10.6.